The third kappa shape index (κ3) is 2.01. The van der Waals surface area contributed by atoms with Gasteiger partial charge in [-0.25, -0.2) is 0 Å². The third-order valence-electron chi connectivity index (χ3n) is 8.83. The first-order valence-electron chi connectivity index (χ1n) is 11.7. The van der Waals surface area contributed by atoms with Gasteiger partial charge in [0.1, 0.15) is 0 Å². The Morgan fingerprint density at radius 3 is 2.45 bits per heavy atom. The van der Waals surface area contributed by atoms with Crippen LogP contribution in [0, 0.1) is 0 Å². The molecule has 4 aliphatic rings. The Labute approximate surface area is 185 Å². The van der Waals surface area contributed by atoms with Crippen molar-refractivity contribution in [1.29, 1.82) is 0 Å². The fourth-order valence-electron chi connectivity index (χ4n) is 7.10. The van der Waals surface area contributed by atoms with Crippen LogP contribution in [-0.2, 0) is 5.41 Å². The molecule has 0 saturated heterocycles. The maximum atomic E-state index is 2.76. The van der Waals surface area contributed by atoms with Crippen LogP contribution in [0.4, 0.5) is 22.7 Å². The SMILES string of the molecule is CC12CCCCC1(C)N1c3cccc4c3B(C=CN4c3ccccc3)c3cccc2c31. The van der Waals surface area contributed by atoms with Crippen molar-refractivity contribution in [2.24, 2.45) is 0 Å². The minimum atomic E-state index is 0.127. The van der Waals surface area contributed by atoms with Crippen LogP contribution in [0.15, 0.2) is 78.9 Å². The summed E-state index contributed by atoms with van der Waals surface area (Å²) < 4.78 is 0. The van der Waals surface area contributed by atoms with Gasteiger partial charge in [0.25, 0.3) is 0 Å². The van der Waals surface area contributed by atoms with Crippen LogP contribution >= 0.6 is 0 Å². The summed E-state index contributed by atoms with van der Waals surface area (Å²) in [6.07, 6.45) is 7.47. The van der Waals surface area contributed by atoms with E-state index < -0.39 is 0 Å². The number of rotatable bonds is 1. The van der Waals surface area contributed by atoms with E-state index in [2.05, 4.69) is 103 Å². The van der Waals surface area contributed by atoms with Gasteiger partial charge in [0.15, 0.2) is 0 Å². The molecule has 1 aliphatic carbocycles. The van der Waals surface area contributed by atoms with Gasteiger partial charge in [-0.05, 0) is 66.7 Å². The molecule has 3 heterocycles. The predicted octanol–water partition coefficient (Wildman–Crippen LogP) is 5.56. The number of hydrogen-bond donors (Lipinski definition) is 0. The molecule has 0 radical (unpaired) electrons. The van der Waals surface area contributed by atoms with Gasteiger partial charge in [0.05, 0.1) is 5.54 Å². The van der Waals surface area contributed by atoms with Crippen molar-refractivity contribution in [3.8, 4) is 0 Å². The summed E-state index contributed by atoms with van der Waals surface area (Å²) in [6.45, 7) is 5.39. The molecule has 0 N–H and O–H groups in total. The summed E-state index contributed by atoms with van der Waals surface area (Å²) in [6, 6.07) is 24.8. The van der Waals surface area contributed by atoms with Crippen molar-refractivity contribution in [3.05, 3.63) is 84.5 Å². The van der Waals surface area contributed by atoms with Crippen molar-refractivity contribution >= 4 is 40.4 Å². The smallest absolute Gasteiger partial charge is 0.243 e. The molecular weight excluding hydrogens is 375 g/mol. The maximum absolute atomic E-state index is 2.76. The van der Waals surface area contributed by atoms with E-state index in [0.29, 0.717) is 6.71 Å². The van der Waals surface area contributed by atoms with E-state index in [0.717, 1.165) is 0 Å². The standard InChI is InChI=1S/C28H27BN2/c1-27-16-6-7-17-28(27,2)31-24-15-9-14-23-25(24)29(22-13-8-12-21(27)26(22)31)18-19-30(23)20-10-4-3-5-11-20/h3-5,8-15,18-19H,6-7,16-17H2,1-2H3. The molecule has 0 amide bonds. The zero-order chi connectivity index (χ0) is 20.8. The van der Waals surface area contributed by atoms with E-state index >= 15 is 0 Å². The average molecular weight is 402 g/mol. The molecule has 7 rings (SSSR count). The van der Waals surface area contributed by atoms with Gasteiger partial charge in [-0.15, -0.1) is 0 Å². The number of fused-ring (bicyclic) bond motifs is 5. The quantitative estimate of drug-likeness (QED) is 0.492. The molecule has 2 unspecified atom stereocenters. The summed E-state index contributed by atoms with van der Waals surface area (Å²) in [5.74, 6) is 2.42. The number of hydrogen-bond acceptors (Lipinski definition) is 2. The fraction of sp³-hybridized carbons (Fsp3) is 0.286. The molecule has 2 nitrogen and oxygen atoms in total. The lowest BCUT2D eigenvalue weighted by molar-refractivity contribution is 0.195. The summed E-state index contributed by atoms with van der Waals surface area (Å²) in [7, 11) is 0. The molecule has 1 saturated carbocycles. The van der Waals surface area contributed by atoms with Crippen molar-refractivity contribution in [3.63, 3.8) is 0 Å². The van der Waals surface area contributed by atoms with Crippen molar-refractivity contribution in [2.75, 3.05) is 9.80 Å². The first kappa shape index (κ1) is 17.7. The highest BCUT2D eigenvalue weighted by atomic mass is 15.3. The molecule has 0 spiro atoms. The minimum absolute atomic E-state index is 0.127. The van der Waals surface area contributed by atoms with Crippen LogP contribution < -0.4 is 20.7 Å². The Balaban J connectivity index is 1.52. The fourth-order valence-corrected chi connectivity index (χ4v) is 7.10. The highest BCUT2D eigenvalue weighted by Crippen LogP contribution is 2.61. The topological polar surface area (TPSA) is 6.48 Å². The van der Waals surface area contributed by atoms with Crippen molar-refractivity contribution < 1.29 is 0 Å². The van der Waals surface area contributed by atoms with Gasteiger partial charge in [-0.3, -0.25) is 0 Å². The predicted molar refractivity (Wildman–Crippen MR) is 132 cm³/mol. The van der Waals surface area contributed by atoms with E-state index in [1.54, 1.807) is 5.56 Å². The largest absolute Gasteiger partial charge is 0.335 e. The third-order valence-corrected chi connectivity index (χ3v) is 8.83. The lowest BCUT2D eigenvalue weighted by atomic mass is 9.37. The van der Waals surface area contributed by atoms with Gasteiger partial charge >= 0.3 is 0 Å². The van der Waals surface area contributed by atoms with Crippen molar-refractivity contribution in [1.82, 2.24) is 0 Å². The van der Waals surface area contributed by atoms with Gasteiger partial charge in [0, 0.05) is 28.2 Å². The molecule has 3 aromatic carbocycles. The van der Waals surface area contributed by atoms with Crippen LogP contribution in [-0.4, -0.2) is 12.3 Å². The maximum Gasteiger partial charge on any atom is 0.243 e. The highest BCUT2D eigenvalue weighted by Gasteiger charge is 2.60. The summed E-state index contributed by atoms with van der Waals surface area (Å²) >= 11 is 0. The monoisotopic (exact) mass is 402 g/mol. The summed E-state index contributed by atoms with van der Waals surface area (Å²) in [5, 5.41) is 0. The number of anilines is 4. The Hall–Kier alpha value is -2.94. The van der Waals surface area contributed by atoms with E-state index in [1.165, 1.54) is 59.4 Å². The molecule has 3 heteroatoms. The minimum Gasteiger partial charge on any atom is -0.335 e. The molecule has 3 aliphatic heterocycles. The number of nitrogens with zero attached hydrogens (tertiary/aromatic N) is 2. The van der Waals surface area contributed by atoms with Gasteiger partial charge in [0.2, 0.25) is 6.71 Å². The van der Waals surface area contributed by atoms with Crippen LogP contribution in [0.5, 0.6) is 0 Å². The van der Waals surface area contributed by atoms with E-state index in [4.69, 9.17) is 0 Å². The Kier molecular flexibility index (Phi) is 3.34. The normalized spacial score (nSPS) is 27.1. The van der Waals surface area contributed by atoms with E-state index in [-0.39, 0.29) is 11.0 Å². The zero-order valence-electron chi connectivity index (χ0n) is 18.3. The summed E-state index contributed by atoms with van der Waals surface area (Å²) in [4.78, 5) is 5.12. The Morgan fingerprint density at radius 1 is 0.806 bits per heavy atom. The van der Waals surface area contributed by atoms with E-state index in [9.17, 15) is 0 Å². The van der Waals surface area contributed by atoms with Crippen LogP contribution in [0.2, 0.25) is 0 Å². The molecular formula is C28H27BN2. The van der Waals surface area contributed by atoms with Crippen molar-refractivity contribution in [2.45, 2.75) is 50.5 Å². The molecule has 152 valence electrons. The average Bonchev–Trinajstić information content (AvgIpc) is 3.03. The van der Waals surface area contributed by atoms with Gasteiger partial charge < -0.3 is 9.80 Å². The van der Waals surface area contributed by atoms with Crippen LogP contribution in [0.25, 0.3) is 0 Å². The molecule has 31 heavy (non-hydrogen) atoms. The second kappa shape index (κ2) is 5.85. The first-order valence-corrected chi connectivity index (χ1v) is 11.7. The number of benzene rings is 3. The Morgan fingerprint density at radius 2 is 1.58 bits per heavy atom. The second-order valence-corrected chi connectivity index (χ2v) is 10.1. The van der Waals surface area contributed by atoms with E-state index in [1.807, 2.05) is 0 Å². The van der Waals surface area contributed by atoms with Crippen LogP contribution in [0.3, 0.4) is 0 Å². The lowest BCUT2D eigenvalue weighted by Gasteiger charge is -2.52. The molecule has 2 atom stereocenters. The van der Waals surface area contributed by atoms with Gasteiger partial charge in [-0.2, -0.15) is 0 Å². The molecule has 0 aromatic heterocycles. The lowest BCUT2D eigenvalue weighted by Crippen LogP contribution is -2.60. The van der Waals surface area contributed by atoms with Gasteiger partial charge in [-0.1, -0.05) is 68.2 Å². The zero-order valence-corrected chi connectivity index (χ0v) is 18.3. The second-order valence-electron chi connectivity index (χ2n) is 10.1. The molecule has 1 fully saturated rings. The molecule has 0 bridgehead atoms. The van der Waals surface area contributed by atoms with Crippen LogP contribution in [0.1, 0.15) is 45.1 Å². The summed E-state index contributed by atoms with van der Waals surface area (Å²) in [5.41, 5.74) is 10.3. The first-order chi connectivity index (χ1) is 15.1. The Bertz CT molecular complexity index is 1250. The highest BCUT2D eigenvalue weighted by molar-refractivity contribution is 6.93. The number of para-hydroxylation sites is 2. The molecule has 3 aromatic rings.